The molecule has 2 aromatic rings. The molecule has 0 saturated heterocycles. The zero-order chi connectivity index (χ0) is 19.8. The molecule has 0 atom stereocenters. The average Bonchev–Trinajstić information content (AvgIpc) is 2.70. The Morgan fingerprint density at radius 1 is 1.11 bits per heavy atom. The fraction of sp³-hybridized carbons (Fsp3) is 0.350. The Kier molecular flexibility index (Phi) is 7.31. The third-order valence-corrected chi connectivity index (χ3v) is 4.41. The summed E-state index contributed by atoms with van der Waals surface area (Å²) in [6.07, 6.45) is 0. The van der Waals surface area contributed by atoms with Crippen LogP contribution in [0.25, 0.3) is 0 Å². The molecule has 144 valence electrons. The molecule has 0 fully saturated rings. The average molecular weight is 371 g/mol. The molecule has 0 unspecified atom stereocenters. The van der Waals surface area contributed by atoms with E-state index in [0.717, 1.165) is 25.2 Å². The standard InChI is InChI=1S/C20H25N3O4/c1-4-22(5-2)14-16-8-6-15(7-9-16)13-21-20(24)17-10-11-19(27-3)18(12-17)23(25)26/h6-12H,4-5,13-14H2,1-3H3,(H,21,24). The van der Waals surface area contributed by atoms with Gasteiger partial charge in [-0.1, -0.05) is 38.1 Å². The summed E-state index contributed by atoms with van der Waals surface area (Å²) in [6, 6.07) is 12.2. The van der Waals surface area contributed by atoms with Crippen molar-refractivity contribution in [3.05, 3.63) is 69.3 Å². The topological polar surface area (TPSA) is 84.7 Å². The Morgan fingerprint density at radius 2 is 1.74 bits per heavy atom. The highest BCUT2D eigenvalue weighted by Gasteiger charge is 2.18. The molecule has 7 nitrogen and oxygen atoms in total. The van der Waals surface area contributed by atoms with Crippen LogP contribution in [0.1, 0.15) is 35.3 Å². The minimum Gasteiger partial charge on any atom is -0.490 e. The van der Waals surface area contributed by atoms with Crippen LogP contribution in [0.2, 0.25) is 0 Å². The number of nitro groups is 1. The second-order valence-corrected chi connectivity index (χ2v) is 6.10. The summed E-state index contributed by atoms with van der Waals surface area (Å²) < 4.78 is 4.95. The van der Waals surface area contributed by atoms with Crippen molar-refractivity contribution >= 4 is 11.6 Å². The fourth-order valence-electron chi connectivity index (χ4n) is 2.73. The molecule has 0 aliphatic rings. The van der Waals surface area contributed by atoms with Crippen LogP contribution in [0.3, 0.4) is 0 Å². The van der Waals surface area contributed by atoms with Gasteiger partial charge in [-0.3, -0.25) is 19.8 Å². The molecule has 0 aliphatic carbocycles. The van der Waals surface area contributed by atoms with Gasteiger partial charge >= 0.3 is 5.69 Å². The number of hydrogen-bond acceptors (Lipinski definition) is 5. The van der Waals surface area contributed by atoms with Crippen LogP contribution in [0, 0.1) is 10.1 Å². The zero-order valence-corrected chi connectivity index (χ0v) is 15.9. The van der Waals surface area contributed by atoms with Gasteiger partial charge < -0.3 is 10.1 Å². The number of hydrogen-bond donors (Lipinski definition) is 1. The van der Waals surface area contributed by atoms with Crippen LogP contribution in [-0.4, -0.2) is 35.9 Å². The number of carbonyl (C=O) groups excluding carboxylic acids is 1. The van der Waals surface area contributed by atoms with Crippen LogP contribution in [0.4, 0.5) is 5.69 Å². The Morgan fingerprint density at radius 3 is 2.30 bits per heavy atom. The van der Waals surface area contributed by atoms with E-state index in [1.165, 1.54) is 30.9 Å². The van der Waals surface area contributed by atoms with Crippen molar-refractivity contribution in [1.29, 1.82) is 0 Å². The highest BCUT2D eigenvalue weighted by Crippen LogP contribution is 2.27. The maximum atomic E-state index is 12.3. The number of carbonyl (C=O) groups is 1. The number of methoxy groups -OCH3 is 1. The second kappa shape index (κ2) is 9.68. The Labute approximate surface area is 159 Å². The maximum absolute atomic E-state index is 12.3. The number of benzene rings is 2. The first-order chi connectivity index (χ1) is 13.0. The number of nitrogens with zero attached hydrogens (tertiary/aromatic N) is 2. The molecular weight excluding hydrogens is 346 g/mol. The first kappa shape index (κ1) is 20.4. The lowest BCUT2D eigenvalue weighted by molar-refractivity contribution is -0.385. The monoisotopic (exact) mass is 371 g/mol. The SMILES string of the molecule is CCN(CC)Cc1ccc(CNC(=O)c2ccc(OC)c([N+](=O)[O-])c2)cc1. The highest BCUT2D eigenvalue weighted by molar-refractivity contribution is 5.95. The smallest absolute Gasteiger partial charge is 0.311 e. The molecule has 0 aliphatic heterocycles. The van der Waals surface area contributed by atoms with Crippen LogP contribution in [0.15, 0.2) is 42.5 Å². The fourth-order valence-corrected chi connectivity index (χ4v) is 2.73. The Bertz CT molecular complexity index is 786. The largest absolute Gasteiger partial charge is 0.490 e. The van der Waals surface area contributed by atoms with Crippen molar-refractivity contribution in [1.82, 2.24) is 10.2 Å². The summed E-state index contributed by atoms with van der Waals surface area (Å²) in [5, 5.41) is 13.9. The van der Waals surface area contributed by atoms with Gasteiger partial charge in [-0.25, -0.2) is 0 Å². The summed E-state index contributed by atoms with van der Waals surface area (Å²) in [7, 11) is 1.35. The molecule has 1 N–H and O–H groups in total. The lowest BCUT2D eigenvalue weighted by atomic mass is 10.1. The van der Waals surface area contributed by atoms with E-state index in [4.69, 9.17) is 4.74 Å². The van der Waals surface area contributed by atoms with Gasteiger partial charge in [0.15, 0.2) is 5.75 Å². The minimum atomic E-state index is -0.565. The lowest BCUT2D eigenvalue weighted by Crippen LogP contribution is -2.23. The van der Waals surface area contributed by atoms with E-state index in [0.29, 0.717) is 6.54 Å². The third kappa shape index (κ3) is 5.52. The number of nitrogens with one attached hydrogen (secondary N) is 1. The second-order valence-electron chi connectivity index (χ2n) is 6.10. The quantitative estimate of drug-likeness (QED) is 0.540. The molecule has 0 aromatic heterocycles. The van der Waals surface area contributed by atoms with Crippen molar-refractivity contribution in [2.75, 3.05) is 20.2 Å². The summed E-state index contributed by atoms with van der Waals surface area (Å²) in [6.45, 7) is 7.53. The summed E-state index contributed by atoms with van der Waals surface area (Å²) in [5.74, 6) is -0.242. The molecular formula is C20H25N3O4. The molecule has 0 heterocycles. The number of nitro benzene ring substituents is 1. The van der Waals surface area contributed by atoms with Gasteiger partial charge in [0.05, 0.1) is 12.0 Å². The van der Waals surface area contributed by atoms with Crippen LogP contribution < -0.4 is 10.1 Å². The molecule has 0 spiro atoms. The van der Waals surface area contributed by atoms with Gasteiger partial charge in [0.1, 0.15) is 0 Å². The summed E-state index contributed by atoms with van der Waals surface area (Å²) in [4.78, 5) is 25.1. The summed E-state index contributed by atoms with van der Waals surface area (Å²) >= 11 is 0. The van der Waals surface area contributed by atoms with E-state index < -0.39 is 4.92 Å². The maximum Gasteiger partial charge on any atom is 0.311 e. The van der Waals surface area contributed by atoms with Gasteiger partial charge in [-0.2, -0.15) is 0 Å². The highest BCUT2D eigenvalue weighted by atomic mass is 16.6. The molecule has 0 saturated carbocycles. The zero-order valence-electron chi connectivity index (χ0n) is 15.9. The van der Waals surface area contributed by atoms with Crippen molar-refractivity contribution in [3.8, 4) is 5.75 Å². The van der Waals surface area contributed by atoms with E-state index >= 15 is 0 Å². The van der Waals surface area contributed by atoms with Crippen molar-refractivity contribution in [3.63, 3.8) is 0 Å². The van der Waals surface area contributed by atoms with E-state index in [1.54, 1.807) is 0 Å². The number of ether oxygens (including phenoxy) is 1. The molecule has 7 heteroatoms. The first-order valence-corrected chi connectivity index (χ1v) is 8.89. The van der Waals surface area contributed by atoms with Crippen molar-refractivity contribution in [2.24, 2.45) is 0 Å². The normalized spacial score (nSPS) is 10.7. The van der Waals surface area contributed by atoms with Gasteiger partial charge in [-0.15, -0.1) is 0 Å². The van der Waals surface area contributed by atoms with Crippen LogP contribution >= 0.6 is 0 Å². The Hall–Kier alpha value is -2.93. The third-order valence-electron chi connectivity index (χ3n) is 4.41. The minimum absolute atomic E-state index is 0.125. The van der Waals surface area contributed by atoms with Crippen molar-refractivity contribution < 1.29 is 14.5 Å². The number of rotatable bonds is 9. The van der Waals surface area contributed by atoms with E-state index in [9.17, 15) is 14.9 Å². The predicted octanol–water partition coefficient (Wildman–Crippen LogP) is 3.38. The van der Waals surface area contributed by atoms with E-state index in [1.807, 2.05) is 12.1 Å². The predicted molar refractivity (Wildman–Crippen MR) is 104 cm³/mol. The Balaban J connectivity index is 1.99. The van der Waals surface area contributed by atoms with Gasteiger partial charge in [0.2, 0.25) is 0 Å². The molecule has 0 radical (unpaired) electrons. The lowest BCUT2D eigenvalue weighted by Gasteiger charge is -2.18. The van der Waals surface area contributed by atoms with E-state index in [-0.39, 0.29) is 22.9 Å². The van der Waals surface area contributed by atoms with Crippen LogP contribution in [-0.2, 0) is 13.1 Å². The van der Waals surface area contributed by atoms with Crippen molar-refractivity contribution in [2.45, 2.75) is 26.9 Å². The molecule has 0 bridgehead atoms. The number of amides is 1. The first-order valence-electron chi connectivity index (χ1n) is 8.89. The van der Waals surface area contributed by atoms with E-state index in [2.05, 4.69) is 36.2 Å². The molecule has 2 rings (SSSR count). The van der Waals surface area contributed by atoms with Crippen LogP contribution in [0.5, 0.6) is 5.75 Å². The molecule has 1 amide bonds. The van der Waals surface area contributed by atoms with Gasteiger partial charge in [0.25, 0.3) is 5.91 Å². The summed E-state index contributed by atoms with van der Waals surface area (Å²) in [5.41, 5.74) is 2.18. The van der Waals surface area contributed by atoms with Gasteiger partial charge in [0, 0.05) is 24.7 Å². The molecule has 2 aromatic carbocycles. The molecule has 27 heavy (non-hydrogen) atoms. The van der Waals surface area contributed by atoms with Gasteiger partial charge in [-0.05, 0) is 36.3 Å².